The molecule has 0 radical (unpaired) electrons. The van der Waals surface area contributed by atoms with Crippen LogP contribution in [0.25, 0.3) is 11.1 Å². The zero-order chi connectivity index (χ0) is 22.9. The van der Waals surface area contributed by atoms with Crippen LogP contribution in [0.1, 0.15) is 59.7 Å². The molecule has 3 aromatic rings. The Kier molecular flexibility index (Phi) is 8.51. The number of ketones is 1. The van der Waals surface area contributed by atoms with Crippen molar-refractivity contribution in [2.45, 2.75) is 50.0 Å². The number of nitrogens with one attached hydrogen (secondary N) is 1. The van der Waals surface area contributed by atoms with Crippen molar-refractivity contribution in [3.8, 4) is 11.1 Å². The fourth-order valence-electron chi connectivity index (χ4n) is 3.77. The number of benzene rings is 3. The summed E-state index contributed by atoms with van der Waals surface area (Å²) in [5.74, 6) is -1.10. The lowest BCUT2D eigenvalue weighted by Gasteiger charge is -2.21. The third-order valence-electron chi connectivity index (χ3n) is 5.52. The van der Waals surface area contributed by atoms with Crippen LogP contribution < -0.4 is 5.32 Å². The lowest BCUT2D eigenvalue weighted by atomic mass is 9.95. The molecule has 0 saturated carbocycles. The van der Waals surface area contributed by atoms with Crippen LogP contribution in [-0.4, -0.2) is 22.9 Å². The van der Waals surface area contributed by atoms with Gasteiger partial charge in [-0.05, 0) is 41.8 Å². The van der Waals surface area contributed by atoms with Gasteiger partial charge in [-0.1, -0.05) is 81.1 Å². The second kappa shape index (κ2) is 11.5. The summed E-state index contributed by atoms with van der Waals surface area (Å²) in [6.45, 7) is 2.14. The Balaban J connectivity index is 1.87. The number of hydrogen-bond donors (Lipinski definition) is 3. The van der Waals surface area contributed by atoms with E-state index in [4.69, 9.17) is 0 Å². The van der Waals surface area contributed by atoms with E-state index in [-0.39, 0.29) is 11.3 Å². The van der Waals surface area contributed by atoms with Gasteiger partial charge in [-0.15, -0.1) is 12.6 Å². The maximum atomic E-state index is 13.5. The molecular formula is C27H29NO3S. The number of Topliss-reactive ketones (excluding diaryl/α,β-unsaturated/α-hetero) is 1. The van der Waals surface area contributed by atoms with Crippen LogP contribution in [-0.2, 0) is 0 Å². The number of hydrogen-bond acceptors (Lipinski definition) is 4. The Morgan fingerprint density at radius 2 is 1.59 bits per heavy atom. The van der Waals surface area contributed by atoms with Gasteiger partial charge in [-0.25, -0.2) is 4.79 Å². The highest BCUT2D eigenvalue weighted by Gasteiger charge is 2.23. The molecule has 1 atom stereocenters. The molecule has 0 aliphatic heterocycles. The molecule has 3 rings (SSSR count). The number of carbonyl (C=O) groups is 2. The van der Waals surface area contributed by atoms with Gasteiger partial charge in [-0.3, -0.25) is 4.79 Å². The van der Waals surface area contributed by atoms with Crippen molar-refractivity contribution in [3.63, 3.8) is 0 Å². The molecule has 32 heavy (non-hydrogen) atoms. The van der Waals surface area contributed by atoms with Gasteiger partial charge >= 0.3 is 5.97 Å². The van der Waals surface area contributed by atoms with Gasteiger partial charge < -0.3 is 10.4 Å². The number of aromatic carboxylic acids is 1. The van der Waals surface area contributed by atoms with Crippen LogP contribution in [0.2, 0.25) is 0 Å². The Morgan fingerprint density at radius 3 is 2.28 bits per heavy atom. The Labute approximate surface area is 195 Å². The Bertz CT molecular complexity index is 1070. The van der Waals surface area contributed by atoms with E-state index in [0.29, 0.717) is 22.6 Å². The fraction of sp³-hybridized carbons (Fsp3) is 0.259. The van der Waals surface area contributed by atoms with Crippen molar-refractivity contribution in [2.24, 2.45) is 0 Å². The predicted octanol–water partition coefficient (Wildman–Crippen LogP) is 6.97. The minimum atomic E-state index is -1.02. The molecule has 5 heteroatoms. The van der Waals surface area contributed by atoms with Crippen molar-refractivity contribution in [3.05, 3.63) is 83.9 Å². The summed E-state index contributed by atoms with van der Waals surface area (Å²) >= 11 is 4.61. The van der Waals surface area contributed by atoms with Crippen LogP contribution >= 0.6 is 12.6 Å². The SMILES string of the molecule is CCCCCCC(Nc1ccccc1C(=O)O)C(=O)c1ccc(-c2ccccc2)cc1S. The molecule has 4 nitrogen and oxygen atoms in total. The third-order valence-corrected chi connectivity index (χ3v) is 5.89. The predicted molar refractivity (Wildman–Crippen MR) is 133 cm³/mol. The molecule has 166 valence electrons. The number of anilines is 1. The van der Waals surface area contributed by atoms with Gasteiger partial charge in [0.15, 0.2) is 5.78 Å². The Morgan fingerprint density at radius 1 is 0.875 bits per heavy atom. The average molecular weight is 448 g/mol. The molecular weight excluding hydrogens is 418 g/mol. The number of carboxylic acid groups (broad SMARTS) is 1. The molecule has 0 aliphatic carbocycles. The smallest absolute Gasteiger partial charge is 0.337 e. The zero-order valence-electron chi connectivity index (χ0n) is 18.3. The normalized spacial score (nSPS) is 11.7. The molecule has 0 spiro atoms. The van der Waals surface area contributed by atoms with Crippen LogP contribution in [0.5, 0.6) is 0 Å². The standard InChI is InChI=1S/C27H29NO3S/c1-2-3-4-8-15-24(28-23-14-10-9-13-21(23)27(30)31)26(29)22-17-16-20(18-25(22)32)19-11-6-5-7-12-19/h5-7,9-14,16-18,24,28,32H,2-4,8,15H2,1H3,(H,30,31). The summed E-state index contributed by atoms with van der Waals surface area (Å²) < 4.78 is 0. The molecule has 0 fully saturated rings. The van der Waals surface area contributed by atoms with Crippen LogP contribution in [0.3, 0.4) is 0 Å². The number of para-hydroxylation sites is 1. The summed E-state index contributed by atoms with van der Waals surface area (Å²) in [6.07, 6.45) is 4.76. The number of rotatable bonds is 11. The van der Waals surface area contributed by atoms with E-state index in [9.17, 15) is 14.7 Å². The average Bonchev–Trinajstić information content (AvgIpc) is 2.81. The summed E-state index contributed by atoms with van der Waals surface area (Å²) in [4.78, 5) is 25.7. The fourth-order valence-corrected chi connectivity index (χ4v) is 4.09. The lowest BCUT2D eigenvalue weighted by molar-refractivity contribution is 0.0697. The maximum absolute atomic E-state index is 13.5. The molecule has 0 amide bonds. The highest BCUT2D eigenvalue weighted by Crippen LogP contribution is 2.27. The quantitative estimate of drug-likeness (QED) is 0.169. The molecule has 0 aromatic heterocycles. The minimum absolute atomic E-state index is 0.0775. The molecule has 0 bridgehead atoms. The van der Waals surface area contributed by atoms with Gasteiger partial charge in [0.05, 0.1) is 11.6 Å². The first kappa shape index (κ1) is 23.6. The third kappa shape index (κ3) is 6.01. The van der Waals surface area contributed by atoms with Gasteiger partial charge in [0.1, 0.15) is 0 Å². The molecule has 0 heterocycles. The summed E-state index contributed by atoms with van der Waals surface area (Å²) in [7, 11) is 0. The van der Waals surface area contributed by atoms with Crippen LogP contribution in [0, 0.1) is 0 Å². The first-order valence-corrected chi connectivity index (χ1v) is 11.5. The molecule has 3 aromatic carbocycles. The van der Waals surface area contributed by atoms with Crippen molar-refractivity contribution in [1.29, 1.82) is 0 Å². The number of carboxylic acids is 1. The van der Waals surface area contributed by atoms with Gasteiger partial charge in [0.2, 0.25) is 0 Å². The zero-order valence-corrected chi connectivity index (χ0v) is 19.1. The van der Waals surface area contributed by atoms with E-state index in [0.717, 1.165) is 36.8 Å². The van der Waals surface area contributed by atoms with Crippen molar-refractivity contribution in [1.82, 2.24) is 0 Å². The van der Waals surface area contributed by atoms with E-state index in [1.54, 1.807) is 24.3 Å². The van der Waals surface area contributed by atoms with E-state index in [1.807, 2.05) is 48.5 Å². The second-order valence-corrected chi connectivity index (χ2v) is 8.34. The largest absolute Gasteiger partial charge is 0.478 e. The number of thiol groups is 1. The Hall–Kier alpha value is -3.05. The maximum Gasteiger partial charge on any atom is 0.337 e. The van der Waals surface area contributed by atoms with Crippen LogP contribution in [0.4, 0.5) is 5.69 Å². The first-order chi connectivity index (χ1) is 15.5. The topological polar surface area (TPSA) is 66.4 Å². The molecule has 2 N–H and O–H groups in total. The van der Waals surface area contributed by atoms with Crippen molar-refractivity contribution < 1.29 is 14.7 Å². The van der Waals surface area contributed by atoms with E-state index < -0.39 is 12.0 Å². The number of carbonyl (C=O) groups excluding carboxylic acids is 1. The van der Waals surface area contributed by atoms with Crippen LogP contribution in [0.15, 0.2) is 77.7 Å². The number of unbranched alkanes of at least 4 members (excludes halogenated alkanes) is 3. The molecule has 1 unspecified atom stereocenters. The van der Waals surface area contributed by atoms with Gasteiger partial charge in [-0.2, -0.15) is 0 Å². The summed E-state index contributed by atoms with van der Waals surface area (Å²) in [5.41, 5.74) is 3.20. The highest BCUT2D eigenvalue weighted by molar-refractivity contribution is 7.80. The van der Waals surface area contributed by atoms with Gasteiger partial charge in [0.25, 0.3) is 0 Å². The molecule has 0 aliphatic rings. The summed E-state index contributed by atoms with van der Waals surface area (Å²) in [6, 6.07) is 21.8. The first-order valence-electron chi connectivity index (χ1n) is 11.0. The summed E-state index contributed by atoms with van der Waals surface area (Å²) in [5, 5.41) is 12.7. The van der Waals surface area contributed by atoms with E-state index in [1.165, 1.54) is 0 Å². The van der Waals surface area contributed by atoms with Crippen molar-refractivity contribution >= 4 is 30.1 Å². The van der Waals surface area contributed by atoms with E-state index in [2.05, 4.69) is 24.9 Å². The van der Waals surface area contributed by atoms with Gasteiger partial charge in [0, 0.05) is 16.1 Å². The van der Waals surface area contributed by atoms with Crippen molar-refractivity contribution in [2.75, 3.05) is 5.32 Å². The monoisotopic (exact) mass is 447 g/mol. The molecule has 0 saturated heterocycles. The second-order valence-electron chi connectivity index (χ2n) is 7.86. The minimum Gasteiger partial charge on any atom is -0.478 e. The lowest BCUT2D eigenvalue weighted by Crippen LogP contribution is -2.30. The van der Waals surface area contributed by atoms with E-state index >= 15 is 0 Å². The highest BCUT2D eigenvalue weighted by atomic mass is 32.1.